The molecule has 0 spiro atoms. The van der Waals surface area contributed by atoms with Gasteiger partial charge in [-0.25, -0.2) is 8.42 Å². The molecule has 0 aliphatic carbocycles. The normalized spacial score (nSPS) is 19.6. The zero-order chi connectivity index (χ0) is 16.3. The Labute approximate surface area is 127 Å². The fourth-order valence-corrected chi connectivity index (χ4v) is 3.97. The molecule has 1 aromatic rings. The number of nitro benzene ring substituents is 1. The summed E-state index contributed by atoms with van der Waals surface area (Å²) in [5.41, 5.74) is -0.0630. The summed E-state index contributed by atoms with van der Waals surface area (Å²) in [6, 6.07) is 5.06. The second-order valence-electron chi connectivity index (χ2n) is 5.10. The van der Waals surface area contributed by atoms with Crippen LogP contribution < -0.4 is 4.74 Å². The van der Waals surface area contributed by atoms with Crippen molar-refractivity contribution in [3.8, 4) is 5.75 Å². The number of sulfone groups is 1. The number of likely N-dealkylation sites (N-methyl/N-ethyl adjacent to an activating group) is 1. The number of carbonyl (C=O) groups excluding carboxylic acids is 1. The van der Waals surface area contributed by atoms with E-state index in [4.69, 9.17) is 4.74 Å². The molecule has 0 saturated carbocycles. The van der Waals surface area contributed by atoms with Crippen LogP contribution in [0, 0.1) is 10.1 Å². The fourth-order valence-electron chi connectivity index (χ4n) is 2.20. The minimum Gasteiger partial charge on any atom is -0.484 e. The molecular formula is C13H16N2O6S. The van der Waals surface area contributed by atoms with E-state index in [0.29, 0.717) is 12.2 Å². The van der Waals surface area contributed by atoms with E-state index in [2.05, 4.69) is 0 Å². The second kappa shape index (κ2) is 6.30. The van der Waals surface area contributed by atoms with Crippen LogP contribution >= 0.6 is 0 Å². The highest BCUT2D eigenvalue weighted by atomic mass is 32.2. The molecule has 1 aromatic carbocycles. The minimum atomic E-state index is -3.05. The van der Waals surface area contributed by atoms with Crippen LogP contribution in [0.1, 0.15) is 6.42 Å². The van der Waals surface area contributed by atoms with E-state index in [1.807, 2.05) is 0 Å². The topological polar surface area (TPSA) is 107 Å². The van der Waals surface area contributed by atoms with Gasteiger partial charge in [-0.2, -0.15) is 0 Å². The summed E-state index contributed by atoms with van der Waals surface area (Å²) in [7, 11) is -1.50. The highest BCUT2D eigenvalue weighted by Gasteiger charge is 2.32. The molecule has 1 atom stereocenters. The Morgan fingerprint density at radius 1 is 1.41 bits per heavy atom. The smallest absolute Gasteiger partial charge is 0.269 e. The molecule has 1 heterocycles. The van der Waals surface area contributed by atoms with Crippen LogP contribution in [-0.4, -0.2) is 55.4 Å². The van der Waals surface area contributed by atoms with Crippen molar-refractivity contribution in [2.75, 3.05) is 25.2 Å². The van der Waals surface area contributed by atoms with Gasteiger partial charge in [0.15, 0.2) is 16.4 Å². The molecule has 8 nitrogen and oxygen atoms in total. The van der Waals surface area contributed by atoms with E-state index in [9.17, 15) is 23.3 Å². The summed E-state index contributed by atoms with van der Waals surface area (Å²) < 4.78 is 28.1. The number of amides is 1. The highest BCUT2D eigenvalue weighted by Crippen LogP contribution is 2.19. The number of hydrogen-bond donors (Lipinski definition) is 0. The van der Waals surface area contributed by atoms with Crippen LogP contribution in [0.15, 0.2) is 24.3 Å². The number of nitrogens with zero attached hydrogens (tertiary/aromatic N) is 2. The van der Waals surface area contributed by atoms with Gasteiger partial charge in [-0.15, -0.1) is 0 Å². The molecule has 1 aliphatic rings. The van der Waals surface area contributed by atoms with Crippen LogP contribution in [0.3, 0.4) is 0 Å². The minimum absolute atomic E-state index is 0.0211. The van der Waals surface area contributed by atoms with Crippen LogP contribution in [-0.2, 0) is 14.6 Å². The number of hydrogen-bond acceptors (Lipinski definition) is 6. The zero-order valence-electron chi connectivity index (χ0n) is 12.0. The lowest BCUT2D eigenvalue weighted by Crippen LogP contribution is -2.40. The first kappa shape index (κ1) is 16.2. The first-order valence-corrected chi connectivity index (χ1v) is 8.44. The summed E-state index contributed by atoms with van der Waals surface area (Å²) in [6.07, 6.45) is 0.433. The number of rotatable bonds is 5. The third-order valence-electron chi connectivity index (χ3n) is 3.56. The Kier molecular flexibility index (Phi) is 4.65. The highest BCUT2D eigenvalue weighted by molar-refractivity contribution is 7.91. The number of benzene rings is 1. The average Bonchev–Trinajstić information content (AvgIpc) is 2.84. The van der Waals surface area contributed by atoms with Gasteiger partial charge in [0.1, 0.15) is 5.75 Å². The Morgan fingerprint density at radius 2 is 2.05 bits per heavy atom. The van der Waals surface area contributed by atoms with Crippen molar-refractivity contribution in [3.63, 3.8) is 0 Å². The number of non-ortho nitro benzene ring substituents is 1. The Morgan fingerprint density at radius 3 is 2.55 bits per heavy atom. The molecule has 9 heteroatoms. The molecule has 1 amide bonds. The molecule has 0 radical (unpaired) electrons. The van der Waals surface area contributed by atoms with Gasteiger partial charge in [-0.05, 0) is 18.6 Å². The van der Waals surface area contributed by atoms with Gasteiger partial charge in [-0.1, -0.05) is 0 Å². The van der Waals surface area contributed by atoms with Crippen molar-refractivity contribution in [2.24, 2.45) is 0 Å². The fraction of sp³-hybridized carbons (Fsp3) is 0.462. The lowest BCUT2D eigenvalue weighted by Gasteiger charge is -2.23. The molecule has 0 N–H and O–H groups in total. The Balaban J connectivity index is 1.88. The number of nitro groups is 1. The number of carbonyl (C=O) groups is 1. The Bertz CT molecular complexity index is 670. The van der Waals surface area contributed by atoms with Crippen molar-refractivity contribution < 1.29 is 22.9 Å². The first-order valence-electron chi connectivity index (χ1n) is 6.62. The molecule has 0 unspecified atom stereocenters. The van der Waals surface area contributed by atoms with Crippen LogP contribution in [0.4, 0.5) is 5.69 Å². The van der Waals surface area contributed by atoms with Crippen LogP contribution in [0.25, 0.3) is 0 Å². The van der Waals surface area contributed by atoms with Crippen molar-refractivity contribution in [1.29, 1.82) is 0 Å². The van der Waals surface area contributed by atoms with Gasteiger partial charge in [-0.3, -0.25) is 14.9 Å². The van der Waals surface area contributed by atoms with Gasteiger partial charge in [0.25, 0.3) is 11.6 Å². The third-order valence-corrected chi connectivity index (χ3v) is 5.31. The molecule has 22 heavy (non-hydrogen) atoms. The molecule has 2 rings (SSSR count). The van der Waals surface area contributed by atoms with E-state index in [1.165, 1.54) is 29.2 Å². The summed E-state index contributed by atoms with van der Waals surface area (Å²) in [4.78, 5) is 23.4. The van der Waals surface area contributed by atoms with Crippen molar-refractivity contribution in [2.45, 2.75) is 12.5 Å². The van der Waals surface area contributed by atoms with E-state index in [-0.39, 0.29) is 35.7 Å². The predicted molar refractivity (Wildman–Crippen MR) is 78.4 cm³/mol. The maximum atomic E-state index is 12.0. The van der Waals surface area contributed by atoms with Crippen LogP contribution in [0.2, 0.25) is 0 Å². The number of ether oxygens (including phenoxy) is 1. The third kappa shape index (κ3) is 3.94. The molecule has 1 aliphatic heterocycles. The molecule has 0 aromatic heterocycles. The quantitative estimate of drug-likeness (QED) is 0.579. The largest absolute Gasteiger partial charge is 0.484 e. The monoisotopic (exact) mass is 328 g/mol. The van der Waals surface area contributed by atoms with E-state index in [0.717, 1.165) is 0 Å². The Hall–Kier alpha value is -2.16. The van der Waals surface area contributed by atoms with Crippen molar-refractivity contribution in [3.05, 3.63) is 34.4 Å². The summed E-state index contributed by atoms with van der Waals surface area (Å²) >= 11 is 0. The van der Waals surface area contributed by atoms with Gasteiger partial charge < -0.3 is 9.64 Å². The molecule has 1 saturated heterocycles. The van der Waals surface area contributed by atoms with E-state index in [1.54, 1.807) is 7.05 Å². The maximum absolute atomic E-state index is 12.0. The molecule has 0 bridgehead atoms. The zero-order valence-corrected chi connectivity index (χ0v) is 12.8. The lowest BCUT2D eigenvalue weighted by molar-refractivity contribution is -0.384. The summed E-state index contributed by atoms with van der Waals surface area (Å²) in [6.45, 7) is -0.245. The standard InChI is InChI=1S/C13H16N2O6S/c1-14(11-6-7-22(19,20)9-11)13(16)8-21-12-4-2-10(3-5-12)15(17)18/h2-5,11H,6-9H2,1H3/t11-/m0/s1. The van der Waals surface area contributed by atoms with E-state index >= 15 is 0 Å². The van der Waals surface area contributed by atoms with Gasteiger partial charge in [0.05, 0.1) is 16.4 Å². The predicted octanol–water partition coefficient (Wildman–Crippen LogP) is 0.619. The summed E-state index contributed by atoms with van der Waals surface area (Å²) in [5, 5.41) is 10.5. The van der Waals surface area contributed by atoms with Crippen LogP contribution in [0.5, 0.6) is 5.75 Å². The van der Waals surface area contributed by atoms with Crippen molar-refractivity contribution in [1.82, 2.24) is 4.90 Å². The SMILES string of the molecule is CN(C(=O)COc1ccc([N+](=O)[O-])cc1)[C@H]1CCS(=O)(=O)C1. The second-order valence-corrected chi connectivity index (χ2v) is 7.33. The van der Waals surface area contributed by atoms with Gasteiger partial charge in [0.2, 0.25) is 0 Å². The average molecular weight is 328 g/mol. The van der Waals surface area contributed by atoms with Gasteiger partial charge in [0, 0.05) is 25.2 Å². The first-order chi connectivity index (χ1) is 10.3. The van der Waals surface area contributed by atoms with Crippen molar-refractivity contribution >= 4 is 21.4 Å². The molecular weight excluding hydrogens is 312 g/mol. The van der Waals surface area contributed by atoms with E-state index < -0.39 is 14.8 Å². The maximum Gasteiger partial charge on any atom is 0.269 e. The molecule has 1 fully saturated rings. The van der Waals surface area contributed by atoms with Gasteiger partial charge >= 0.3 is 0 Å². The lowest BCUT2D eigenvalue weighted by atomic mass is 10.2. The summed E-state index contributed by atoms with van der Waals surface area (Å²) in [5.74, 6) is 0.0810. The molecule has 120 valence electrons.